The Hall–Kier alpha value is -2.83. The lowest BCUT2D eigenvalue weighted by molar-refractivity contribution is -0.142. The average Bonchev–Trinajstić information content (AvgIpc) is 3.00. The summed E-state index contributed by atoms with van der Waals surface area (Å²) in [5.41, 5.74) is 1.87. The van der Waals surface area contributed by atoms with Crippen LogP contribution in [0, 0.1) is 11.8 Å². The zero-order valence-electron chi connectivity index (χ0n) is 15.9. The van der Waals surface area contributed by atoms with Crippen LogP contribution in [0.4, 0.5) is 0 Å². The first-order chi connectivity index (χ1) is 12.8. The monoisotopic (exact) mass is 373 g/mol. The van der Waals surface area contributed by atoms with Crippen molar-refractivity contribution >= 4 is 28.7 Å². The molecule has 7 heteroatoms. The molecular formula is C20H27N3O4. The molecule has 7 nitrogen and oxygen atoms in total. The van der Waals surface area contributed by atoms with E-state index in [1.165, 1.54) is 6.92 Å². The van der Waals surface area contributed by atoms with Gasteiger partial charge in [0.15, 0.2) is 0 Å². The van der Waals surface area contributed by atoms with Crippen LogP contribution in [0.2, 0.25) is 0 Å². The molecule has 0 aliphatic carbocycles. The predicted molar refractivity (Wildman–Crippen MR) is 103 cm³/mol. The molecule has 1 aromatic heterocycles. The molecule has 146 valence electrons. The van der Waals surface area contributed by atoms with Crippen molar-refractivity contribution < 1.29 is 19.5 Å². The summed E-state index contributed by atoms with van der Waals surface area (Å²) in [5.74, 6) is -2.07. The van der Waals surface area contributed by atoms with Gasteiger partial charge in [0, 0.05) is 37.0 Å². The zero-order valence-corrected chi connectivity index (χ0v) is 15.9. The Morgan fingerprint density at radius 2 is 1.89 bits per heavy atom. The van der Waals surface area contributed by atoms with Gasteiger partial charge in [-0.3, -0.25) is 14.4 Å². The van der Waals surface area contributed by atoms with Gasteiger partial charge in [-0.25, -0.2) is 0 Å². The van der Waals surface area contributed by atoms with Crippen LogP contribution < -0.4 is 10.6 Å². The van der Waals surface area contributed by atoms with Gasteiger partial charge in [0.05, 0.1) is 5.92 Å². The fourth-order valence-electron chi connectivity index (χ4n) is 3.16. The van der Waals surface area contributed by atoms with Gasteiger partial charge in [-0.15, -0.1) is 0 Å². The van der Waals surface area contributed by atoms with E-state index in [1.807, 2.05) is 44.3 Å². The molecule has 27 heavy (non-hydrogen) atoms. The number of hydrogen-bond acceptors (Lipinski definition) is 3. The number of carbonyl (C=O) groups excluding carboxylic acids is 2. The number of fused-ring (bicyclic) bond motifs is 1. The summed E-state index contributed by atoms with van der Waals surface area (Å²) in [5, 5.41) is 15.7. The highest BCUT2D eigenvalue weighted by molar-refractivity contribution is 5.89. The number of aromatic amines is 1. The predicted octanol–water partition coefficient (Wildman–Crippen LogP) is 2.08. The number of H-pyrrole nitrogens is 1. The highest BCUT2D eigenvalue weighted by atomic mass is 16.4. The highest BCUT2D eigenvalue weighted by Crippen LogP contribution is 2.19. The first-order valence-corrected chi connectivity index (χ1v) is 9.10. The van der Waals surface area contributed by atoms with Crippen LogP contribution in [0.3, 0.4) is 0 Å². The summed E-state index contributed by atoms with van der Waals surface area (Å²) in [6.07, 6.45) is 2.62. The molecular weight excluding hydrogens is 346 g/mol. The second-order valence-corrected chi connectivity index (χ2v) is 7.23. The number of hydrogen-bond donors (Lipinski definition) is 4. The van der Waals surface area contributed by atoms with Gasteiger partial charge >= 0.3 is 5.97 Å². The lowest BCUT2D eigenvalue weighted by Gasteiger charge is -2.20. The summed E-state index contributed by atoms with van der Waals surface area (Å²) in [7, 11) is 0. The molecule has 0 fully saturated rings. The molecule has 2 unspecified atom stereocenters. The van der Waals surface area contributed by atoms with Crippen LogP contribution in [0.25, 0.3) is 10.9 Å². The van der Waals surface area contributed by atoms with Crippen molar-refractivity contribution in [3.63, 3.8) is 0 Å². The van der Waals surface area contributed by atoms with Crippen molar-refractivity contribution in [2.45, 2.75) is 39.7 Å². The third-order valence-corrected chi connectivity index (χ3v) is 4.42. The van der Waals surface area contributed by atoms with Crippen molar-refractivity contribution in [1.29, 1.82) is 0 Å². The Kier molecular flexibility index (Phi) is 6.98. The molecule has 0 radical (unpaired) electrons. The van der Waals surface area contributed by atoms with Crippen LogP contribution >= 0.6 is 0 Å². The van der Waals surface area contributed by atoms with E-state index in [2.05, 4.69) is 15.6 Å². The van der Waals surface area contributed by atoms with Crippen molar-refractivity contribution in [1.82, 2.24) is 15.6 Å². The minimum Gasteiger partial charge on any atom is -0.481 e. The van der Waals surface area contributed by atoms with Crippen LogP contribution in [-0.2, 0) is 20.8 Å². The van der Waals surface area contributed by atoms with Crippen LogP contribution in [0.1, 0.15) is 32.8 Å². The SMILES string of the molecule is CC(=O)NC(Cc1c[nH]c2ccccc12)C(=O)NCC(CC(C)C)C(=O)O. The smallest absolute Gasteiger partial charge is 0.308 e. The number of nitrogens with one attached hydrogen (secondary N) is 3. The third-order valence-electron chi connectivity index (χ3n) is 4.42. The van der Waals surface area contributed by atoms with Gasteiger partial charge in [-0.2, -0.15) is 0 Å². The molecule has 0 spiro atoms. The minimum atomic E-state index is -0.934. The van der Waals surface area contributed by atoms with Gasteiger partial charge in [0.1, 0.15) is 6.04 Å². The molecule has 0 saturated carbocycles. The van der Waals surface area contributed by atoms with Crippen LogP contribution in [0.15, 0.2) is 30.5 Å². The van der Waals surface area contributed by atoms with Gasteiger partial charge in [0.2, 0.25) is 11.8 Å². The number of rotatable bonds is 9. The lowest BCUT2D eigenvalue weighted by Crippen LogP contribution is -2.49. The summed E-state index contributed by atoms with van der Waals surface area (Å²) < 4.78 is 0. The fraction of sp³-hybridized carbons (Fsp3) is 0.450. The fourth-order valence-corrected chi connectivity index (χ4v) is 3.16. The van der Waals surface area contributed by atoms with E-state index in [0.717, 1.165) is 16.5 Å². The van der Waals surface area contributed by atoms with Gasteiger partial charge in [-0.1, -0.05) is 32.0 Å². The molecule has 0 aliphatic heterocycles. The first-order valence-electron chi connectivity index (χ1n) is 9.10. The standard InChI is InChI=1S/C20H27N3O4/c1-12(2)8-15(20(26)27)11-22-19(25)18(23-13(3)24)9-14-10-21-17-7-5-4-6-16(14)17/h4-7,10,12,15,18,21H,8-9,11H2,1-3H3,(H,22,25)(H,23,24)(H,26,27). The molecule has 0 aliphatic rings. The molecule has 2 amide bonds. The second kappa shape index (κ2) is 9.21. The van der Waals surface area contributed by atoms with Gasteiger partial charge in [0.25, 0.3) is 0 Å². The van der Waals surface area contributed by atoms with E-state index in [1.54, 1.807) is 0 Å². The molecule has 1 aromatic carbocycles. The zero-order chi connectivity index (χ0) is 20.0. The average molecular weight is 373 g/mol. The Balaban J connectivity index is 2.09. The van der Waals surface area contributed by atoms with E-state index >= 15 is 0 Å². The van der Waals surface area contributed by atoms with Crippen molar-refractivity contribution in [2.24, 2.45) is 11.8 Å². The number of aromatic nitrogens is 1. The lowest BCUT2D eigenvalue weighted by atomic mass is 9.97. The summed E-state index contributed by atoms with van der Waals surface area (Å²) in [4.78, 5) is 38.7. The van der Waals surface area contributed by atoms with E-state index in [4.69, 9.17) is 0 Å². The maximum atomic E-state index is 12.6. The molecule has 1 heterocycles. The Morgan fingerprint density at radius 3 is 2.52 bits per heavy atom. The largest absolute Gasteiger partial charge is 0.481 e. The number of amides is 2. The summed E-state index contributed by atoms with van der Waals surface area (Å²) >= 11 is 0. The normalized spacial score (nSPS) is 13.3. The second-order valence-electron chi connectivity index (χ2n) is 7.23. The maximum absolute atomic E-state index is 12.6. The molecule has 0 bridgehead atoms. The summed E-state index contributed by atoms with van der Waals surface area (Å²) in [6.45, 7) is 5.27. The molecule has 4 N–H and O–H groups in total. The van der Waals surface area contributed by atoms with E-state index in [0.29, 0.717) is 12.8 Å². The topological polar surface area (TPSA) is 111 Å². The van der Waals surface area contributed by atoms with E-state index < -0.39 is 17.9 Å². The Bertz CT molecular complexity index is 812. The van der Waals surface area contributed by atoms with Crippen molar-refractivity contribution in [2.75, 3.05) is 6.54 Å². The summed E-state index contributed by atoms with van der Waals surface area (Å²) in [6, 6.07) is 6.95. The number of benzene rings is 1. The maximum Gasteiger partial charge on any atom is 0.308 e. The first kappa shape index (κ1) is 20.5. The number of carboxylic acids is 1. The number of carbonyl (C=O) groups is 3. The Labute approximate surface area is 158 Å². The van der Waals surface area contributed by atoms with E-state index in [-0.39, 0.29) is 24.3 Å². The molecule has 2 rings (SSSR count). The highest BCUT2D eigenvalue weighted by Gasteiger charge is 2.24. The van der Waals surface area contributed by atoms with E-state index in [9.17, 15) is 19.5 Å². The molecule has 0 saturated heterocycles. The molecule has 2 atom stereocenters. The van der Waals surface area contributed by atoms with Gasteiger partial charge in [-0.05, 0) is 24.0 Å². The minimum absolute atomic E-state index is 0.0380. The Morgan fingerprint density at radius 1 is 1.19 bits per heavy atom. The van der Waals surface area contributed by atoms with Crippen LogP contribution in [-0.4, -0.2) is 40.5 Å². The van der Waals surface area contributed by atoms with Crippen LogP contribution in [0.5, 0.6) is 0 Å². The van der Waals surface area contributed by atoms with Gasteiger partial charge < -0.3 is 20.7 Å². The number of aliphatic carboxylic acids is 1. The van der Waals surface area contributed by atoms with Crippen molar-refractivity contribution in [3.8, 4) is 0 Å². The quantitative estimate of drug-likeness (QED) is 0.539. The molecule has 2 aromatic rings. The third kappa shape index (κ3) is 5.84. The van der Waals surface area contributed by atoms with Crippen molar-refractivity contribution in [3.05, 3.63) is 36.0 Å². The number of para-hydroxylation sites is 1. The number of carboxylic acid groups (broad SMARTS) is 1.